The maximum Gasteiger partial charge on any atom is 0.141 e. The van der Waals surface area contributed by atoms with Crippen molar-refractivity contribution in [2.24, 2.45) is 17.8 Å². The summed E-state index contributed by atoms with van der Waals surface area (Å²) in [4.78, 5) is 19.3. The van der Waals surface area contributed by atoms with Crippen LogP contribution in [0.15, 0.2) is 29.3 Å². The standard InChI is InChI=1S/C21H28N2OS/c1-4-21(15-8-6-5-7-9-15)18-16(23-20-19(21)25-12-22-20)10-14(13(2)3)11-17(18)24/h5-6,8,12-14,16,18,23H,4,7,9-11H2,1-3H3/t14-,16?,18?,21-/m0/s1. The van der Waals surface area contributed by atoms with Gasteiger partial charge in [-0.2, -0.15) is 0 Å². The molecule has 25 heavy (non-hydrogen) atoms. The molecule has 134 valence electrons. The predicted octanol–water partition coefficient (Wildman–Crippen LogP) is 5.11. The average molecular weight is 357 g/mol. The number of nitrogens with one attached hydrogen (secondary N) is 1. The monoisotopic (exact) mass is 356 g/mol. The molecule has 0 saturated heterocycles. The van der Waals surface area contributed by atoms with Crippen LogP contribution in [0, 0.1) is 17.8 Å². The first-order chi connectivity index (χ1) is 12.1. The zero-order valence-corrected chi connectivity index (χ0v) is 16.2. The third kappa shape index (κ3) is 2.52. The Hall–Kier alpha value is -1.42. The molecule has 1 N–H and O–H groups in total. The Balaban J connectivity index is 1.85. The zero-order chi connectivity index (χ0) is 17.6. The van der Waals surface area contributed by atoms with Gasteiger partial charge in [-0.15, -0.1) is 11.3 Å². The number of allylic oxidation sites excluding steroid dienone is 4. The first-order valence-electron chi connectivity index (χ1n) is 9.67. The van der Waals surface area contributed by atoms with E-state index in [0.717, 1.165) is 37.9 Å². The number of fused-ring (bicyclic) bond motifs is 2. The normalized spacial score (nSPS) is 34.3. The van der Waals surface area contributed by atoms with Crippen molar-refractivity contribution < 1.29 is 4.79 Å². The summed E-state index contributed by atoms with van der Waals surface area (Å²) in [6, 6.07) is 0.218. The van der Waals surface area contributed by atoms with Crippen LogP contribution in [-0.4, -0.2) is 16.8 Å². The average Bonchev–Trinajstić information content (AvgIpc) is 3.09. The second kappa shape index (κ2) is 6.39. The minimum atomic E-state index is -0.157. The fraction of sp³-hybridized carbons (Fsp3) is 0.619. The van der Waals surface area contributed by atoms with E-state index in [1.165, 1.54) is 10.5 Å². The first kappa shape index (κ1) is 17.0. The topological polar surface area (TPSA) is 42.0 Å². The van der Waals surface area contributed by atoms with Gasteiger partial charge < -0.3 is 5.32 Å². The second-order valence-corrected chi connectivity index (χ2v) is 9.01. The summed E-state index contributed by atoms with van der Waals surface area (Å²) >= 11 is 1.72. The van der Waals surface area contributed by atoms with Crippen LogP contribution in [0.2, 0.25) is 0 Å². The predicted molar refractivity (Wildman–Crippen MR) is 104 cm³/mol. The first-order valence-corrected chi connectivity index (χ1v) is 10.5. The van der Waals surface area contributed by atoms with Crippen molar-refractivity contribution >= 4 is 22.9 Å². The van der Waals surface area contributed by atoms with E-state index in [-0.39, 0.29) is 17.4 Å². The highest BCUT2D eigenvalue weighted by atomic mass is 32.1. The number of hydrogen-bond donors (Lipinski definition) is 1. The van der Waals surface area contributed by atoms with Gasteiger partial charge in [-0.25, -0.2) is 4.98 Å². The van der Waals surface area contributed by atoms with Crippen LogP contribution >= 0.6 is 11.3 Å². The molecule has 4 atom stereocenters. The SMILES string of the molecule is CC[C@@]1(C2=CC=CCC2)c2scnc2NC2C[C@H](C(C)C)CC(=O)C21. The smallest absolute Gasteiger partial charge is 0.141 e. The summed E-state index contributed by atoms with van der Waals surface area (Å²) in [7, 11) is 0. The van der Waals surface area contributed by atoms with Gasteiger partial charge in [-0.05, 0) is 37.5 Å². The summed E-state index contributed by atoms with van der Waals surface area (Å²) < 4.78 is 0. The van der Waals surface area contributed by atoms with Crippen molar-refractivity contribution in [2.45, 2.75) is 64.3 Å². The molecule has 2 unspecified atom stereocenters. The van der Waals surface area contributed by atoms with Crippen LogP contribution in [0.4, 0.5) is 5.82 Å². The van der Waals surface area contributed by atoms with Gasteiger partial charge in [0.25, 0.3) is 0 Å². The molecule has 2 aliphatic carbocycles. The molecular weight excluding hydrogens is 328 g/mol. The van der Waals surface area contributed by atoms with Crippen LogP contribution in [0.3, 0.4) is 0 Å². The Morgan fingerprint density at radius 2 is 2.28 bits per heavy atom. The largest absolute Gasteiger partial charge is 0.366 e. The van der Waals surface area contributed by atoms with Gasteiger partial charge in [0, 0.05) is 17.9 Å². The Bertz CT molecular complexity index is 732. The number of rotatable bonds is 3. The lowest BCUT2D eigenvalue weighted by molar-refractivity contribution is -0.129. The maximum absolute atomic E-state index is 13.4. The van der Waals surface area contributed by atoms with Gasteiger partial charge in [0.2, 0.25) is 0 Å². The number of aromatic nitrogens is 1. The number of carbonyl (C=O) groups excluding carboxylic acids is 1. The van der Waals surface area contributed by atoms with Crippen molar-refractivity contribution in [2.75, 3.05) is 5.32 Å². The number of Topliss-reactive ketones (excluding diaryl/α,β-unsaturated/α-hetero) is 1. The van der Waals surface area contributed by atoms with Gasteiger partial charge in [0.15, 0.2) is 0 Å². The lowest BCUT2D eigenvalue weighted by atomic mass is 9.55. The molecule has 1 fully saturated rings. The highest BCUT2D eigenvalue weighted by Crippen LogP contribution is 2.56. The summed E-state index contributed by atoms with van der Waals surface area (Å²) in [6.45, 7) is 6.75. The van der Waals surface area contributed by atoms with Crippen molar-refractivity contribution in [3.05, 3.63) is 34.2 Å². The molecule has 0 bridgehead atoms. The van der Waals surface area contributed by atoms with Crippen molar-refractivity contribution in [1.82, 2.24) is 4.98 Å². The number of nitrogens with zero attached hydrogens (tertiary/aromatic N) is 1. The number of thiazole rings is 1. The van der Waals surface area contributed by atoms with Crippen LogP contribution in [-0.2, 0) is 10.2 Å². The van der Waals surface area contributed by atoms with Crippen LogP contribution in [0.5, 0.6) is 0 Å². The molecular formula is C21H28N2OS. The fourth-order valence-electron chi connectivity index (χ4n) is 5.33. The Labute approximate surface area is 154 Å². The lowest BCUT2D eigenvalue weighted by Gasteiger charge is -2.52. The Kier molecular flexibility index (Phi) is 4.35. The van der Waals surface area contributed by atoms with Crippen LogP contribution in [0.25, 0.3) is 0 Å². The summed E-state index contributed by atoms with van der Waals surface area (Å²) in [6.07, 6.45) is 11.6. The van der Waals surface area contributed by atoms with Crippen LogP contribution in [0.1, 0.15) is 57.8 Å². The summed E-state index contributed by atoms with van der Waals surface area (Å²) in [5.74, 6) is 2.57. The molecule has 1 aliphatic heterocycles. The number of hydrogen-bond acceptors (Lipinski definition) is 4. The van der Waals surface area contributed by atoms with Crippen molar-refractivity contribution in [1.29, 1.82) is 0 Å². The second-order valence-electron chi connectivity index (χ2n) is 8.15. The Morgan fingerprint density at radius 1 is 1.44 bits per heavy atom. The molecule has 0 aromatic carbocycles. The fourth-order valence-corrected chi connectivity index (χ4v) is 6.43. The molecule has 0 amide bonds. The van der Waals surface area contributed by atoms with E-state index in [9.17, 15) is 4.79 Å². The minimum absolute atomic E-state index is 0.0539. The number of ketones is 1. The maximum atomic E-state index is 13.4. The van der Waals surface area contributed by atoms with E-state index in [1.54, 1.807) is 11.3 Å². The van der Waals surface area contributed by atoms with Gasteiger partial charge in [0.1, 0.15) is 11.6 Å². The Morgan fingerprint density at radius 3 is 2.96 bits per heavy atom. The van der Waals surface area contributed by atoms with E-state index in [4.69, 9.17) is 0 Å². The molecule has 4 rings (SSSR count). The third-order valence-electron chi connectivity index (χ3n) is 6.68. The van der Waals surface area contributed by atoms with Crippen LogP contribution < -0.4 is 5.32 Å². The molecule has 1 saturated carbocycles. The van der Waals surface area contributed by atoms with E-state index in [0.29, 0.717) is 17.6 Å². The van der Waals surface area contributed by atoms with E-state index >= 15 is 0 Å². The highest BCUT2D eigenvalue weighted by Gasteiger charge is 2.56. The van der Waals surface area contributed by atoms with E-state index in [1.807, 2.05) is 5.51 Å². The molecule has 1 aromatic heterocycles. The molecule has 0 radical (unpaired) electrons. The summed E-state index contributed by atoms with van der Waals surface area (Å²) in [5, 5.41) is 3.66. The highest BCUT2D eigenvalue weighted by molar-refractivity contribution is 7.10. The van der Waals surface area contributed by atoms with Crippen molar-refractivity contribution in [3.8, 4) is 0 Å². The van der Waals surface area contributed by atoms with Crippen molar-refractivity contribution in [3.63, 3.8) is 0 Å². The minimum Gasteiger partial charge on any atom is -0.366 e. The molecule has 3 aliphatic rings. The summed E-state index contributed by atoms with van der Waals surface area (Å²) in [5.41, 5.74) is 3.23. The molecule has 4 heteroatoms. The van der Waals surface area contributed by atoms with E-state index < -0.39 is 0 Å². The number of carbonyl (C=O) groups is 1. The van der Waals surface area contributed by atoms with Gasteiger partial charge in [-0.1, -0.05) is 44.6 Å². The molecule has 2 heterocycles. The van der Waals surface area contributed by atoms with Gasteiger partial charge >= 0.3 is 0 Å². The quantitative estimate of drug-likeness (QED) is 0.818. The third-order valence-corrected chi connectivity index (χ3v) is 7.69. The molecule has 0 spiro atoms. The van der Waals surface area contributed by atoms with Gasteiger partial charge in [-0.3, -0.25) is 4.79 Å². The molecule has 1 aromatic rings. The molecule has 3 nitrogen and oxygen atoms in total. The van der Waals surface area contributed by atoms with Gasteiger partial charge in [0.05, 0.1) is 16.3 Å². The zero-order valence-electron chi connectivity index (χ0n) is 15.4. The lowest BCUT2D eigenvalue weighted by Crippen LogP contribution is -2.56. The number of anilines is 1. The van der Waals surface area contributed by atoms with E-state index in [2.05, 4.69) is 49.3 Å².